The summed E-state index contributed by atoms with van der Waals surface area (Å²) in [4.78, 5) is 4.53. The minimum Gasteiger partial charge on any atom is -0.509 e. The monoisotopic (exact) mass is 620 g/mol. The molecule has 0 saturated heterocycles. The summed E-state index contributed by atoms with van der Waals surface area (Å²) in [5.74, 6) is 1.83. The molecule has 0 saturated carbocycles. The Morgan fingerprint density at radius 3 is 2.53 bits per heavy atom. The first-order valence-electron chi connectivity index (χ1n) is 10.3. The van der Waals surface area contributed by atoms with Crippen molar-refractivity contribution in [3.05, 3.63) is 109 Å². The Morgan fingerprint density at radius 2 is 1.74 bits per heavy atom. The van der Waals surface area contributed by atoms with E-state index in [1.807, 2.05) is 83.6 Å². The van der Waals surface area contributed by atoms with E-state index in [4.69, 9.17) is 4.74 Å². The van der Waals surface area contributed by atoms with Crippen molar-refractivity contribution in [2.75, 3.05) is 0 Å². The molecule has 0 aliphatic carbocycles. The van der Waals surface area contributed by atoms with Crippen molar-refractivity contribution in [1.82, 2.24) is 19.3 Å². The maximum absolute atomic E-state index is 9.71. The first kappa shape index (κ1) is 21.6. The van der Waals surface area contributed by atoms with Crippen LogP contribution in [0.25, 0.3) is 33.3 Å². The van der Waals surface area contributed by atoms with Gasteiger partial charge in [-0.05, 0) is 41.4 Å². The minimum absolute atomic E-state index is 0. The van der Waals surface area contributed by atoms with Gasteiger partial charge in [0.2, 0.25) is 0 Å². The number of nitrogens with zero attached hydrogens (tertiary/aromatic N) is 5. The van der Waals surface area contributed by atoms with Gasteiger partial charge < -0.3 is 9.30 Å². The molecule has 6 nitrogen and oxygen atoms in total. The third-order valence-electron chi connectivity index (χ3n) is 5.40. The molecule has 34 heavy (non-hydrogen) atoms. The number of hydrogen-bond donors (Lipinski definition) is 0. The van der Waals surface area contributed by atoms with E-state index in [0.717, 1.165) is 33.3 Å². The molecule has 164 valence electrons. The van der Waals surface area contributed by atoms with Crippen LogP contribution >= 0.6 is 0 Å². The largest absolute Gasteiger partial charge is 2.00 e. The molecule has 3 aromatic heterocycles. The molecule has 0 aliphatic heterocycles. The predicted octanol–water partition coefficient (Wildman–Crippen LogP) is 5.63. The Kier molecular flexibility index (Phi) is 5.71. The average molecular weight is 621 g/mol. The fourth-order valence-corrected chi connectivity index (χ4v) is 4.01. The summed E-state index contributed by atoms with van der Waals surface area (Å²) < 4.78 is 9.84. The van der Waals surface area contributed by atoms with Crippen molar-refractivity contribution in [2.45, 2.75) is 0 Å². The molecule has 3 aromatic carbocycles. The summed E-state index contributed by atoms with van der Waals surface area (Å²) in [5.41, 5.74) is 3.06. The second-order valence-corrected chi connectivity index (χ2v) is 7.37. The van der Waals surface area contributed by atoms with E-state index in [2.05, 4.69) is 28.3 Å². The van der Waals surface area contributed by atoms with Crippen LogP contribution in [0.3, 0.4) is 0 Å². The molecule has 0 amide bonds. The number of aromatic nitrogens is 4. The van der Waals surface area contributed by atoms with Crippen LogP contribution in [-0.2, 0) is 21.1 Å². The first-order valence-corrected chi connectivity index (χ1v) is 10.3. The Bertz CT molecular complexity index is 1650. The summed E-state index contributed by atoms with van der Waals surface area (Å²) in [5, 5.41) is 15.7. The molecular weight excluding hydrogens is 605 g/mol. The van der Waals surface area contributed by atoms with Gasteiger partial charge in [0.15, 0.2) is 0 Å². The van der Waals surface area contributed by atoms with Crippen molar-refractivity contribution in [2.24, 2.45) is 0 Å². The van der Waals surface area contributed by atoms with Crippen LogP contribution in [0.15, 0.2) is 91.4 Å². The Balaban J connectivity index is 0.00000241. The van der Waals surface area contributed by atoms with Gasteiger partial charge >= 0.3 is 21.1 Å². The zero-order chi connectivity index (χ0) is 22.2. The van der Waals surface area contributed by atoms with E-state index in [-0.39, 0.29) is 21.1 Å². The Hall–Kier alpha value is -4.20. The van der Waals surface area contributed by atoms with E-state index in [0.29, 0.717) is 17.1 Å². The van der Waals surface area contributed by atoms with Gasteiger partial charge in [-0.1, -0.05) is 17.6 Å². The zero-order valence-electron chi connectivity index (χ0n) is 17.6. The molecule has 0 unspecified atom stereocenters. The number of rotatable bonds is 4. The molecule has 0 spiro atoms. The van der Waals surface area contributed by atoms with Gasteiger partial charge in [0, 0.05) is 41.2 Å². The van der Waals surface area contributed by atoms with Crippen molar-refractivity contribution < 1.29 is 25.8 Å². The van der Waals surface area contributed by atoms with Crippen LogP contribution in [0.5, 0.6) is 11.5 Å². The fourth-order valence-electron chi connectivity index (χ4n) is 4.01. The van der Waals surface area contributed by atoms with E-state index in [1.165, 1.54) is 0 Å². The van der Waals surface area contributed by atoms with Gasteiger partial charge in [0.1, 0.15) is 5.82 Å². The molecule has 0 radical (unpaired) electrons. The fraction of sp³-hybridized carbons (Fsp3) is 0. The van der Waals surface area contributed by atoms with Crippen molar-refractivity contribution >= 4 is 21.8 Å². The van der Waals surface area contributed by atoms with E-state index < -0.39 is 0 Å². The molecule has 0 fully saturated rings. The second kappa shape index (κ2) is 8.97. The van der Waals surface area contributed by atoms with Gasteiger partial charge in [0.05, 0.1) is 6.07 Å². The topological polar surface area (TPSA) is 68.7 Å². The van der Waals surface area contributed by atoms with Crippen LogP contribution in [0.2, 0.25) is 0 Å². The number of benzene rings is 3. The predicted molar refractivity (Wildman–Crippen MR) is 125 cm³/mol. The third-order valence-corrected chi connectivity index (χ3v) is 5.40. The van der Waals surface area contributed by atoms with Gasteiger partial charge in [0.25, 0.3) is 0 Å². The minimum atomic E-state index is 0. The SMILES string of the molecule is N#Cc1cccc2c1c1ccc(Oc3[c-]c(-n4cccn4)ccc3)[c-]c1n2-c1ccccn1.[Pt+2]. The van der Waals surface area contributed by atoms with Gasteiger partial charge in [-0.25, -0.2) is 4.98 Å². The summed E-state index contributed by atoms with van der Waals surface area (Å²) in [6.45, 7) is 0. The standard InChI is InChI=1S/C27H15N5O.Pt/c28-18-19-6-3-9-24-27(19)23-12-11-22(17-25(23)32(24)26-10-1-2-13-29-26)33-21-8-4-7-20(16-21)31-15-5-14-30-31;/h1-15H;/q-2;+2. The molecule has 6 rings (SSSR count). The summed E-state index contributed by atoms with van der Waals surface area (Å²) in [6, 6.07) is 31.7. The van der Waals surface area contributed by atoms with Crippen molar-refractivity contribution in [3.63, 3.8) is 0 Å². The molecule has 0 N–H and O–H groups in total. The first-order chi connectivity index (χ1) is 16.3. The smallest absolute Gasteiger partial charge is 0.509 e. The molecular formula is C27H15N5OPt. The van der Waals surface area contributed by atoms with E-state index in [1.54, 1.807) is 17.1 Å². The quantitative estimate of drug-likeness (QED) is 0.240. The zero-order valence-corrected chi connectivity index (χ0v) is 19.9. The van der Waals surface area contributed by atoms with Crippen LogP contribution in [-0.4, -0.2) is 19.3 Å². The second-order valence-electron chi connectivity index (χ2n) is 7.37. The number of nitriles is 1. The number of pyridine rings is 1. The Labute approximate surface area is 209 Å². The van der Waals surface area contributed by atoms with Crippen molar-refractivity contribution in [1.29, 1.82) is 5.26 Å². The molecule has 0 aliphatic rings. The molecule has 3 heterocycles. The molecule has 7 heteroatoms. The van der Waals surface area contributed by atoms with Gasteiger partial charge in [-0.3, -0.25) is 4.68 Å². The van der Waals surface area contributed by atoms with Crippen LogP contribution in [0.1, 0.15) is 5.56 Å². The Morgan fingerprint density at radius 1 is 0.853 bits per heavy atom. The van der Waals surface area contributed by atoms with E-state index >= 15 is 0 Å². The summed E-state index contributed by atoms with van der Waals surface area (Å²) in [6.07, 6.45) is 5.32. The number of fused-ring (bicyclic) bond motifs is 3. The normalized spacial score (nSPS) is 10.7. The molecule has 0 atom stereocenters. The third kappa shape index (κ3) is 3.67. The van der Waals surface area contributed by atoms with Crippen LogP contribution < -0.4 is 4.74 Å². The maximum Gasteiger partial charge on any atom is 2.00 e. The van der Waals surface area contributed by atoms with E-state index in [9.17, 15) is 5.26 Å². The number of hydrogen-bond acceptors (Lipinski definition) is 4. The van der Waals surface area contributed by atoms with Crippen LogP contribution in [0.4, 0.5) is 0 Å². The average Bonchev–Trinajstić information content (AvgIpc) is 3.51. The molecule has 0 bridgehead atoms. The summed E-state index contributed by atoms with van der Waals surface area (Å²) >= 11 is 0. The van der Waals surface area contributed by atoms with Crippen molar-refractivity contribution in [3.8, 4) is 29.1 Å². The number of ether oxygens (including phenoxy) is 1. The van der Waals surface area contributed by atoms with Crippen LogP contribution in [0, 0.1) is 23.5 Å². The summed E-state index contributed by atoms with van der Waals surface area (Å²) in [7, 11) is 0. The molecule has 6 aromatic rings. The van der Waals surface area contributed by atoms with Gasteiger partial charge in [-0.15, -0.1) is 35.7 Å². The van der Waals surface area contributed by atoms with Gasteiger partial charge in [-0.2, -0.15) is 22.5 Å². The maximum atomic E-state index is 9.71.